The Labute approximate surface area is 215 Å². The van der Waals surface area contributed by atoms with Crippen molar-refractivity contribution in [2.24, 2.45) is 5.92 Å². The standard InChI is InChI=1S/C27H32BrN5O2/c1-19(20-8-12-24(13-9-20)33-15-2-3-16-33)29-27(34)22-5-4-14-32(17-22)18-25-30-26(31-35-25)21-6-10-23(28)11-7-21/h6-13,19,22H,2-5,14-18H2,1H3,(H,29,34). The Morgan fingerprint density at radius 1 is 1.09 bits per heavy atom. The molecule has 35 heavy (non-hydrogen) atoms. The molecule has 3 heterocycles. The summed E-state index contributed by atoms with van der Waals surface area (Å²) in [5.41, 5.74) is 3.33. The van der Waals surface area contributed by atoms with Crippen molar-refractivity contribution in [3.63, 3.8) is 0 Å². The first-order valence-electron chi connectivity index (χ1n) is 12.5. The Balaban J connectivity index is 1.14. The molecule has 0 spiro atoms. The molecule has 184 valence electrons. The molecule has 1 amide bonds. The van der Waals surface area contributed by atoms with E-state index in [4.69, 9.17) is 4.52 Å². The van der Waals surface area contributed by atoms with Crippen molar-refractivity contribution >= 4 is 27.5 Å². The highest BCUT2D eigenvalue weighted by Gasteiger charge is 2.28. The van der Waals surface area contributed by atoms with Crippen LogP contribution in [0, 0.1) is 5.92 Å². The van der Waals surface area contributed by atoms with Crippen molar-refractivity contribution in [1.82, 2.24) is 20.4 Å². The van der Waals surface area contributed by atoms with E-state index in [1.165, 1.54) is 18.5 Å². The second kappa shape index (κ2) is 10.9. The summed E-state index contributed by atoms with van der Waals surface area (Å²) in [5.74, 6) is 1.25. The molecule has 2 aliphatic heterocycles. The summed E-state index contributed by atoms with van der Waals surface area (Å²) < 4.78 is 6.51. The number of carbonyl (C=O) groups excluding carboxylic acids is 1. The minimum absolute atomic E-state index is 0.0186. The van der Waals surface area contributed by atoms with Gasteiger partial charge in [0.15, 0.2) is 0 Å². The van der Waals surface area contributed by atoms with E-state index in [1.807, 2.05) is 24.3 Å². The van der Waals surface area contributed by atoms with Crippen LogP contribution in [0.3, 0.4) is 0 Å². The van der Waals surface area contributed by atoms with Gasteiger partial charge in [-0.1, -0.05) is 33.2 Å². The summed E-state index contributed by atoms with van der Waals surface area (Å²) in [7, 11) is 0. The maximum absolute atomic E-state index is 13.1. The fourth-order valence-corrected chi connectivity index (χ4v) is 5.27. The Hall–Kier alpha value is -2.71. The molecule has 3 aromatic rings. The molecule has 2 aromatic carbocycles. The van der Waals surface area contributed by atoms with Crippen LogP contribution in [0.15, 0.2) is 57.5 Å². The highest BCUT2D eigenvalue weighted by Crippen LogP contribution is 2.25. The monoisotopic (exact) mass is 537 g/mol. The molecule has 1 aromatic heterocycles. The zero-order chi connectivity index (χ0) is 24.2. The number of likely N-dealkylation sites (tertiary alicyclic amines) is 1. The molecule has 2 atom stereocenters. The maximum Gasteiger partial charge on any atom is 0.241 e. The number of rotatable bonds is 7. The molecule has 2 saturated heterocycles. The predicted molar refractivity (Wildman–Crippen MR) is 140 cm³/mol. The molecule has 0 aliphatic carbocycles. The SMILES string of the molecule is CC(NC(=O)C1CCCN(Cc2nc(-c3ccc(Br)cc3)no2)C1)c1ccc(N2CCCC2)cc1. The van der Waals surface area contributed by atoms with Crippen LogP contribution < -0.4 is 10.2 Å². The summed E-state index contributed by atoms with van der Waals surface area (Å²) in [6.45, 7) is 6.51. The number of hydrogen-bond donors (Lipinski definition) is 1. The van der Waals surface area contributed by atoms with E-state index in [-0.39, 0.29) is 17.9 Å². The average molecular weight is 538 g/mol. The van der Waals surface area contributed by atoms with Crippen LogP contribution in [0.1, 0.15) is 50.1 Å². The fraction of sp³-hybridized carbons (Fsp3) is 0.444. The Morgan fingerprint density at radius 3 is 2.57 bits per heavy atom. The van der Waals surface area contributed by atoms with E-state index in [9.17, 15) is 4.79 Å². The minimum Gasteiger partial charge on any atom is -0.372 e. The summed E-state index contributed by atoms with van der Waals surface area (Å²) in [6, 6.07) is 16.5. The molecule has 2 fully saturated rings. The molecular weight excluding hydrogens is 506 g/mol. The van der Waals surface area contributed by atoms with Gasteiger partial charge in [0.25, 0.3) is 0 Å². The maximum atomic E-state index is 13.1. The number of aromatic nitrogens is 2. The zero-order valence-corrected chi connectivity index (χ0v) is 21.7. The van der Waals surface area contributed by atoms with Crippen molar-refractivity contribution in [3.8, 4) is 11.4 Å². The third kappa shape index (κ3) is 5.93. The number of piperidine rings is 1. The van der Waals surface area contributed by atoms with E-state index in [2.05, 4.69) is 72.4 Å². The first kappa shape index (κ1) is 24.0. The lowest BCUT2D eigenvalue weighted by Gasteiger charge is -2.31. The number of benzene rings is 2. The summed E-state index contributed by atoms with van der Waals surface area (Å²) in [5, 5.41) is 7.36. The second-order valence-electron chi connectivity index (χ2n) is 9.61. The fourth-order valence-electron chi connectivity index (χ4n) is 5.00. The number of anilines is 1. The Morgan fingerprint density at radius 2 is 1.83 bits per heavy atom. The largest absolute Gasteiger partial charge is 0.372 e. The van der Waals surface area contributed by atoms with Gasteiger partial charge in [-0.25, -0.2) is 0 Å². The van der Waals surface area contributed by atoms with E-state index >= 15 is 0 Å². The average Bonchev–Trinajstić information content (AvgIpc) is 3.58. The number of amides is 1. The summed E-state index contributed by atoms with van der Waals surface area (Å²) >= 11 is 3.44. The third-order valence-electron chi connectivity index (χ3n) is 7.03. The highest BCUT2D eigenvalue weighted by atomic mass is 79.9. The number of nitrogens with one attached hydrogen (secondary N) is 1. The Kier molecular flexibility index (Phi) is 7.48. The normalized spacial score (nSPS) is 19.6. The van der Waals surface area contributed by atoms with Crippen LogP contribution in [-0.4, -0.2) is 47.1 Å². The molecule has 0 bridgehead atoms. The molecule has 1 N–H and O–H groups in total. The van der Waals surface area contributed by atoms with Crippen LogP contribution in [0.5, 0.6) is 0 Å². The molecule has 0 saturated carbocycles. The lowest BCUT2D eigenvalue weighted by atomic mass is 9.96. The Bertz CT molecular complexity index is 1130. The van der Waals surface area contributed by atoms with Crippen molar-refractivity contribution in [2.75, 3.05) is 31.1 Å². The van der Waals surface area contributed by atoms with Gasteiger partial charge in [-0.2, -0.15) is 4.98 Å². The van der Waals surface area contributed by atoms with Crippen LogP contribution in [0.2, 0.25) is 0 Å². The van der Waals surface area contributed by atoms with Crippen LogP contribution >= 0.6 is 15.9 Å². The first-order chi connectivity index (χ1) is 17.0. The molecule has 7 nitrogen and oxygen atoms in total. The van der Waals surface area contributed by atoms with Gasteiger partial charge in [0.1, 0.15) is 0 Å². The van der Waals surface area contributed by atoms with Gasteiger partial charge in [0.2, 0.25) is 17.6 Å². The molecular formula is C27H32BrN5O2. The van der Waals surface area contributed by atoms with Crippen LogP contribution in [0.4, 0.5) is 5.69 Å². The van der Waals surface area contributed by atoms with Crippen molar-refractivity contribution in [3.05, 3.63) is 64.5 Å². The summed E-state index contributed by atoms with van der Waals surface area (Å²) in [6.07, 6.45) is 4.42. The van der Waals surface area contributed by atoms with Crippen LogP contribution in [-0.2, 0) is 11.3 Å². The minimum atomic E-state index is -0.0380. The molecule has 8 heteroatoms. The van der Waals surface area contributed by atoms with Crippen molar-refractivity contribution in [1.29, 1.82) is 0 Å². The van der Waals surface area contributed by atoms with Crippen LogP contribution in [0.25, 0.3) is 11.4 Å². The summed E-state index contributed by atoms with van der Waals surface area (Å²) in [4.78, 5) is 22.3. The zero-order valence-electron chi connectivity index (χ0n) is 20.1. The first-order valence-corrected chi connectivity index (χ1v) is 13.3. The van der Waals surface area contributed by atoms with E-state index < -0.39 is 0 Å². The van der Waals surface area contributed by atoms with Gasteiger partial charge < -0.3 is 14.7 Å². The third-order valence-corrected chi connectivity index (χ3v) is 7.56. The lowest BCUT2D eigenvalue weighted by Crippen LogP contribution is -2.43. The number of hydrogen-bond acceptors (Lipinski definition) is 6. The molecule has 2 aliphatic rings. The van der Waals surface area contributed by atoms with E-state index in [1.54, 1.807) is 0 Å². The smallest absolute Gasteiger partial charge is 0.241 e. The van der Waals surface area contributed by atoms with Crippen molar-refractivity contribution in [2.45, 2.75) is 45.2 Å². The predicted octanol–water partition coefficient (Wildman–Crippen LogP) is 5.19. The lowest BCUT2D eigenvalue weighted by molar-refractivity contribution is -0.127. The topological polar surface area (TPSA) is 74.5 Å². The molecule has 0 radical (unpaired) electrons. The van der Waals surface area contributed by atoms with Gasteiger partial charge in [-0.3, -0.25) is 9.69 Å². The number of carbonyl (C=O) groups is 1. The van der Waals surface area contributed by atoms with Crippen molar-refractivity contribution < 1.29 is 9.32 Å². The van der Waals surface area contributed by atoms with E-state index in [0.29, 0.717) is 24.8 Å². The second-order valence-corrected chi connectivity index (χ2v) is 10.5. The van der Waals surface area contributed by atoms with Gasteiger partial charge in [0, 0.05) is 35.4 Å². The molecule has 5 rings (SSSR count). The quantitative estimate of drug-likeness (QED) is 0.447. The van der Waals surface area contributed by atoms with Gasteiger partial charge in [0.05, 0.1) is 18.5 Å². The molecule has 2 unspecified atom stereocenters. The number of nitrogens with zero attached hydrogens (tertiary/aromatic N) is 4. The van der Waals surface area contributed by atoms with Gasteiger partial charge >= 0.3 is 0 Å². The van der Waals surface area contributed by atoms with Gasteiger partial charge in [-0.15, -0.1) is 0 Å². The number of halogens is 1. The van der Waals surface area contributed by atoms with E-state index in [0.717, 1.165) is 48.1 Å². The van der Waals surface area contributed by atoms with Gasteiger partial charge in [-0.05, 0) is 81.1 Å². The highest BCUT2D eigenvalue weighted by molar-refractivity contribution is 9.10.